The van der Waals surface area contributed by atoms with Crippen LogP contribution in [0.1, 0.15) is 21.5 Å². The lowest BCUT2D eigenvalue weighted by Crippen LogP contribution is -2.04. The van der Waals surface area contributed by atoms with E-state index in [0.29, 0.717) is 29.2 Å². The number of halogens is 1. The van der Waals surface area contributed by atoms with Crippen molar-refractivity contribution < 1.29 is 9.53 Å². The highest BCUT2D eigenvalue weighted by Crippen LogP contribution is 2.34. The number of rotatable bonds is 2. The van der Waals surface area contributed by atoms with Gasteiger partial charge in [-0.2, -0.15) is 0 Å². The van der Waals surface area contributed by atoms with Crippen LogP contribution in [-0.4, -0.2) is 12.4 Å². The molecule has 1 aliphatic rings. The van der Waals surface area contributed by atoms with Gasteiger partial charge in [-0.3, -0.25) is 4.79 Å². The Bertz CT molecular complexity index is 667. The summed E-state index contributed by atoms with van der Waals surface area (Å²) in [4.78, 5) is 12.6. The minimum Gasteiger partial charge on any atom is -0.492 e. The van der Waals surface area contributed by atoms with E-state index in [-0.39, 0.29) is 5.78 Å². The molecule has 0 atom stereocenters. The molecule has 96 valence electrons. The van der Waals surface area contributed by atoms with Gasteiger partial charge in [0.25, 0.3) is 0 Å². The summed E-state index contributed by atoms with van der Waals surface area (Å²) in [6.07, 6.45) is 0.839. The summed E-state index contributed by atoms with van der Waals surface area (Å²) in [6.45, 7) is 0.628. The first kappa shape index (κ1) is 12.2. The van der Waals surface area contributed by atoms with E-state index in [9.17, 15) is 4.79 Å². The highest BCUT2D eigenvalue weighted by atomic mass is 79.9. The van der Waals surface area contributed by atoms with E-state index in [2.05, 4.69) is 15.9 Å². The van der Waals surface area contributed by atoms with Crippen molar-refractivity contribution in [3.8, 4) is 5.75 Å². The van der Waals surface area contributed by atoms with Crippen LogP contribution in [0.25, 0.3) is 0 Å². The highest BCUT2D eigenvalue weighted by Gasteiger charge is 2.22. The first-order valence-electron chi connectivity index (χ1n) is 6.00. The largest absolute Gasteiger partial charge is 0.492 e. The van der Waals surface area contributed by atoms with Crippen LogP contribution in [-0.2, 0) is 6.42 Å². The molecule has 0 bridgehead atoms. The molecule has 0 aromatic heterocycles. The van der Waals surface area contributed by atoms with E-state index in [4.69, 9.17) is 10.5 Å². The van der Waals surface area contributed by atoms with Crippen LogP contribution >= 0.6 is 15.9 Å². The van der Waals surface area contributed by atoms with Gasteiger partial charge < -0.3 is 10.5 Å². The van der Waals surface area contributed by atoms with Gasteiger partial charge in [-0.15, -0.1) is 0 Å². The molecule has 4 heteroatoms. The summed E-state index contributed by atoms with van der Waals surface area (Å²) >= 11 is 3.44. The SMILES string of the molecule is Nc1cccc(C(=O)c2cc(Br)cc3c2OCC3)c1. The van der Waals surface area contributed by atoms with E-state index >= 15 is 0 Å². The molecule has 0 radical (unpaired) electrons. The number of nitrogens with two attached hydrogens (primary N) is 1. The topological polar surface area (TPSA) is 52.3 Å². The van der Waals surface area contributed by atoms with Crippen LogP contribution in [0.2, 0.25) is 0 Å². The molecule has 0 aliphatic carbocycles. The molecular weight excluding hydrogens is 306 g/mol. The van der Waals surface area contributed by atoms with E-state index in [1.165, 1.54) is 0 Å². The summed E-state index contributed by atoms with van der Waals surface area (Å²) in [5.74, 6) is 0.641. The van der Waals surface area contributed by atoms with Gasteiger partial charge >= 0.3 is 0 Å². The second-order valence-corrected chi connectivity index (χ2v) is 5.41. The molecular formula is C15H12BrNO2. The zero-order valence-corrected chi connectivity index (χ0v) is 11.7. The molecule has 19 heavy (non-hydrogen) atoms. The lowest BCUT2D eigenvalue weighted by Gasteiger charge is -2.08. The molecule has 0 fully saturated rings. The van der Waals surface area contributed by atoms with E-state index < -0.39 is 0 Å². The normalized spacial score (nSPS) is 12.9. The zero-order valence-electron chi connectivity index (χ0n) is 10.2. The molecule has 0 unspecified atom stereocenters. The first-order valence-corrected chi connectivity index (χ1v) is 6.80. The standard InChI is InChI=1S/C15H12BrNO2/c16-11-6-10-4-5-19-15(10)13(8-11)14(18)9-2-1-3-12(17)7-9/h1-3,6-8H,4-5,17H2. The number of hydrogen-bond donors (Lipinski definition) is 1. The van der Waals surface area contributed by atoms with Gasteiger partial charge in [0.05, 0.1) is 12.2 Å². The Morgan fingerprint density at radius 2 is 2.11 bits per heavy atom. The van der Waals surface area contributed by atoms with Gasteiger partial charge in [0.1, 0.15) is 5.75 Å². The molecule has 0 saturated heterocycles. The van der Waals surface area contributed by atoms with E-state index in [1.54, 1.807) is 30.3 Å². The quantitative estimate of drug-likeness (QED) is 0.683. The molecule has 0 amide bonds. The summed E-state index contributed by atoms with van der Waals surface area (Å²) < 4.78 is 6.48. The lowest BCUT2D eigenvalue weighted by molar-refractivity contribution is 0.103. The van der Waals surface area contributed by atoms with Gasteiger partial charge in [0, 0.05) is 22.1 Å². The molecule has 0 spiro atoms. The molecule has 0 saturated carbocycles. The minimum absolute atomic E-state index is 0.0632. The molecule has 2 N–H and O–H groups in total. The van der Waals surface area contributed by atoms with Crippen molar-refractivity contribution in [1.82, 2.24) is 0 Å². The van der Waals surface area contributed by atoms with Crippen molar-refractivity contribution in [1.29, 1.82) is 0 Å². The van der Waals surface area contributed by atoms with Crippen LogP contribution in [0.15, 0.2) is 40.9 Å². The van der Waals surface area contributed by atoms with Gasteiger partial charge in [-0.1, -0.05) is 28.1 Å². The van der Waals surface area contributed by atoms with Crippen LogP contribution in [0.5, 0.6) is 5.75 Å². The number of nitrogen functional groups attached to an aromatic ring is 1. The van der Waals surface area contributed by atoms with Crippen LogP contribution in [0.4, 0.5) is 5.69 Å². The number of hydrogen-bond acceptors (Lipinski definition) is 3. The van der Waals surface area contributed by atoms with Crippen molar-refractivity contribution in [2.45, 2.75) is 6.42 Å². The predicted molar refractivity (Wildman–Crippen MR) is 77.6 cm³/mol. The Balaban J connectivity index is 2.10. The minimum atomic E-state index is -0.0632. The Labute approximate surface area is 119 Å². The number of ether oxygens (including phenoxy) is 1. The number of benzene rings is 2. The third-order valence-corrected chi connectivity index (χ3v) is 3.60. The third-order valence-electron chi connectivity index (χ3n) is 3.14. The summed E-state index contributed by atoms with van der Waals surface area (Å²) in [5, 5.41) is 0. The van der Waals surface area contributed by atoms with Crippen LogP contribution in [0.3, 0.4) is 0 Å². The van der Waals surface area contributed by atoms with Gasteiger partial charge in [-0.25, -0.2) is 0 Å². The summed E-state index contributed by atoms with van der Waals surface area (Å²) in [7, 11) is 0. The highest BCUT2D eigenvalue weighted by molar-refractivity contribution is 9.10. The molecule has 2 aromatic carbocycles. The smallest absolute Gasteiger partial charge is 0.196 e. The first-order chi connectivity index (χ1) is 9.15. The number of fused-ring (bicyclic) bond motifs is 1. The zero-order chi connectivity index (χ0) is 13.4. The Kier molecular flexibility index (Phi) is 3.03. The molecule has 1 aliphatic heterocycles. The van der Waals surface area contributed by atoms with Crippen molar-refractivity contribution >= 4 is 27.4 Å². The van der Waals surface area contributed by atoms with Crippen LogP contribution in [0, 0.1) is 0 Å². The number of ketones is 1. The maximum Gasteiger partial charge on any atom is 0.196 e. The Morgan fingerprint density at radius 1 is 1.26 bits per heavy atom. The monoisotopic (exact) mass is 317 g/mol. The second kappa shape index (κ2) is 4.70. The van der Waals surface area contributed by atoms with Gasteiger partial charge in [-0.05, 0) is 29.8 Å². The Morgan fingerprint density at radius 3 is 2.89 bits per heavy atom. The predicted octanol–water partition coefficient (Wildman–Crippen LogP) is 3.20. The number of carbonyl (C=O) groups excluding carboxylic acids is 1. The third kappa shape index (κ3) is 2.24. The fraction of sp³-hybridized carbons (Fsp3) is 0.133. The maximum absolute atomic E-state index is 12.6. The summed E-state index contributed by atoms with van der Waals surface area (Å²) in [6, 6.07) is 10.8. The number of carbonyl (C=O) groups is 1. The molecule has 2 aromatic rings. The van der Waals surface area contributed by atoms with E-state index in [0.717, 1.165) is 16.5 Å². The number of anilines is 1. The average Bonchev–Trinajstić information content (AvgIpc) is 2.85. The molecule has 3 nitrogen and oxygen atoms in total. The van der Waals surface area contributed by atoms with Crippen LogP contribution < -0.4 is 10.5 Å². The van der Waals surface area contributed by atoms with Crippen molar-refractivity contribution in [3.63, 3.8) is 0 Å². The van der Waals surface area contributed by atoms with E-state index in [1.807, 2.05) is 6.07 Å². The average molecular weight is 318 g/mol. The second-order valence-electron chi connectivity index (χ2n) is 4.49. The molecule has 1 heterocycles. The Hall–Kier alpha value is -1.81. The van der Waals surface area contributed by atoms with Gasteiger partial charge in [0.15, 0.2) is 5.78 Å². The maximum atomic E-state index is 12.6. The van der Waals surface area contributed by atoms with Gasteiger partial charge in [0.2, 0.25) is 0 Å². The fourth-order valence-electron chi connectivity index (χ4n) is 2.27. The molecule has 3 rings (SSSR count). The lowest BCUT2D eigenvalue weighted by atomic mass is 9.99. The van der Waals surface area contributed by atoms with Crippen molar-refractivity contribution in [2.75, 3.05) is 12.3 Å². The van der Waals surface area contributed by atoms with Crippen molar-refractivity contribution in [3.05, 3.63) is 57.6 Å². The van der Waals surface area contributed by atoms with Crippen molar-refractivity contribution in [2.24, 2.45) is 0 Å². The fourth-order valence-corrected chi connectivity index (χ4v) is 2.78. The summed E-state index contributed by atoms with van der Waals surface area (Å²) in [5.41, 5.74) is 8.55.